The van der Waals surface area contributed by atoms with Crippen LogP contribution in [0.25, 0.3) is 0 Å². The van der Waals surface area contributed by atoms with Crippen molar-refractivity contribution in [2.24, 2.45) is 0 Å². The van der Waals surface area contributed by atoms with Crippen molar-refractivity contribution >= 4 is 0 Å². The number of rotatable bonds is 8. The van der Waals surface area contributed by atoms with Crippen molar-refractivity contribution in [2.75, 3.05) is 40.4 Å². The second kappa shape index (κ2) is 7.97. The standard InChI is InChI=1S/C11H24N2O/c1-6-13(11(3)9-14-5)8-10(2)7-12-4/h11-12H,2,6-9H2,1,3-5H3. The Morgan fingerprint density at radius 2 is 2.21 bits per heavy atom. The lowest BCUT2D eigenvalue weighted by molar-refractivity contribution is 0.108. The second-order valence-corrected chi connectivity index (χ2v) is 3.65. The topological polar surface area (TPSA) is 24.5 Å². The highest BCUT2D eigenvalue weighted by atomic mass is 16.5. The highest BCUT2D eigenvalue weighted by Crippen LogP contribution is 2.02. The Balaban J connectivity index is 3.94. The van der Waals surface area contributed by atoms with Crippen molar-refractivity contribution in [3.8, 4) is 0 Å². The Hall–Kier alpha value is -0.380. The van der Waals surface area contributed by atoms with Crippen molar-refractivity contribution in [1.29, 1.82) is 0 Å². The lowest BCUT2D eigenvalue weighted by Gasteiger charge is -2.28. The van der Waals surface area contributed by atoms with Gasteiger partial charge in [0.05, 0.1) is 6.61 Å². The van der Waals surface area contributed by atoms with Crippen LogP contribution < -0.4 is 5.32 Å². The van der Waals surface area contributed by atoms with Gasteiger partial charge in [0.25, 0.3) is 0 Å². The Morgan fingerprint density at radius 1 is 1.57 bits per heavy atom. The minimum absolute atomic E-state index is 0.457. The average Bonchev–Trinajstić information content (AvgIpc) is 2.15. The SMILES string of the molecule is C=C(CNC)CN(CC)C(C)COC. The summed E-state index contributed by atoms with van der Waals surface area (Å²) in [6, 6.07) is 0.457. The van der Waals surface area contributed by atoms with Crippen LogP contribution >= 0.6 is 0 Å². The maximum absolute atomic E-state index is 5.14. The molecule has 0 aliphatic heterocycles. The smallest absolute Gasteiger partial charge is 0.0615 e. The zero-order chi connectivity index (χ0) is 11.0. The van der Waals surface area contributed by atoms with Gasteiger partial charge >= 0.3 is 0 Å². The number of likely N-dealkylation sites (N-methyl/N-ethyl adjacent to an activating group) is 2. The first-order valence-corrected chi connectivity index (χ1v) is 5.19. The third kappa shape index (κ3) is 5.37. The average molecular weight is 200 g/mol. The summed E-state index contributed by atoms with van der Waals surface area (Å²) in [7, 11) is 3.69. The van der Waals surface area contributed by atoms with Gasteiger partial charge in [0.1, 0.15) is 0 Å². The molecule has 0 rings (SSSR count). The summed E-state index contributed by atoms with van der Waals surface area (Å²) in [6.45, 7) is 12.0. The molecular weight excluding hydrogens is 176 g/mol. The van der Waals surface area contributed by atoms with Crippen LogP contribution in [0.1, 0.15) is 13.8 Å². The Bertz CT molecular complexity index is 159. The molecule has 0 aliphatic carbocycles. The highest BCUT2D eigenvalue weighted by Gasteiger charge is 2.11. The van der Waals surface area contributed by atoms with E-state index in [1.807, 2.05) is 7.05 Å². The lowest BCUT2D eigenvalue weighted by atomic mass is 10.2. The van der Waals surface area contributed by atoms with Crippen LogP contribution in [0, 0.1) is 0 Å². The number of ether oxygens (including phenoxy) is 1. The molecule has 3 heteroatoms. The van der Waals surface area contributed by atoms with E-state index in [0.717, 1.165) is 26.2 Å². The third-order valence-corrected chi connectivity index (χ3v) is 2.29. The molecule has 0 fully saturated rings. The second-order valence-electron chi connectivity index (χ2n) is 3.65. The summed E-state index contributed by atoms with van der Waals surface area (Å²) in [5, 5.41) is 3.11. The van der Waals surface area contributed by atoms with Gasteiger partial charge in [-0.05, 0) is 26.1 Å². The fourth-order valence-electron chi connectivity index (χ4n) is 1.52. The monoisotopic (exact) mass is 200 g/mol. The Labute approximate surface area is 88.1 Å². The molecule has 1 unspecified atom stereocenters. The van der Waals surface area contributed by atoms with Gasteiger partial charge in [-0.25, -0.2) is 0 Å². The number of nitrogens with zero attached hydrogens (tertiary/aromatic N) is 1. The van der Waals surface area contributed by atoms with Crippen LogP contribution in [-0.4, -0.2) is 51.3 Å². The quantitative estimate of drug-likeness (QED) is 0.594. The van der Waals surface area contributed by atoms with Crippen LogP contribution in [0.3, 0.4) is 0 Å². The molecule has 1 atom stereocenters. The summed E-state index contributed by atoms with van der Waals surface area (Å²) >= 11 is 0. The molecule has 84 valence electrons. The van der Waals surface area contributed by atoms with E-state index in [4.69, 9.17) is 4.74 Å². The zero-order valence-corrected chi connectivity index (χ0v) is 9.97. The van der Waals surface area contributed by atoms with Crippen molar-refractivity contribution < 1.29 is 4.74 Å². The number of hydrogen-bond donors (Lipinski definition) is 1. The number of methoxy groups -OCH3 is 1. The summed E-state index contributed by atoms with van der Waals surface area (Å²) in [6.07, 6.45) is 0. The lowest BCUT2D eigenvalue weighted by Crippen LogP contribution is -2.38. The fourth-order valence-corrected chi connectivity index (χ4v) is 1.52. The van der Waals surface area contributed by atoms with Gasteiger partial charge in [0.15, 0.2) is 0 Å². The molecule has 0 heterocycles. The van der Waals surface area contributed by atoms with E-state index in [-0.39, 0.29) is 0 Å². The van der Waals surface area contributed by atoms with Gasteiger partial charge in [-0.15, -0.1) is 0 Å². The molecule has 0 amide bonds. The molecule has 0 spiro atoms. The molecule has 0 aromatic heterocycles. The molecule has 0 aromatic carbocycles. The molecule has 14 heavy (non-hydrogen) atoms. The van der Waals surface area contributed by atoms with Crippen molar-refractivity contribution in [1.82, 2.24) is 10.2 Å². The summed E-state index contributed by atoms with van der Waals surface area (Å²) < 4.78 is 5.14. The van der Waals surface area contributed by atoms with Gasteiger partial charge in [-0.3, -0.25) is 4.90 Å². The molecular formula is C11H24N2O. The van der Waals surface area contributed by atoms with Gasteiger partial charge in [-0.2, -0.15) is 0 Å². The van der Waals surface area contributed by atoms with E-state index in [2.05, 4.69) is 30.6 Å². The van der Waals surface area contributed by atoms with Gasteiger partial charge in [0, 0.05) is 26.2 Å². The van der Waals surface area contributed by atoms with Gasteiger partial charge in [-0.1, -0.05) is 13.5 Å². The van der Waals surface area contributed by atoms with Crippen LogP contribution in [0.15, 0.2) is 12.2 Å². The molecule has 1 N–H and O–H groups in total. The normalized spacial score (nSPS) is 13.2. The van der Waals surface area contributed by atoms with E-state index in [1.54, 1.807) is 7.11 Å². The van der Waals surface area contributed by atoms with E-state index >= 15 is 0 Å². The molecule has 0 bridgehead atoms. The van der Waals surface area contributed by atoms with E-state index in [9.17, 15) is 0 Å². The Morgan fingerprint density at radius 3 is 2.64 bits per heavy atom. The van der Waals surface area contributed by atoms with Crippen LogP contribution in [0.5, 0.6) is 0 Å². The largest absolute Gasteiger partial charge is 0.383 e. The molecule has 3 nitrogen and oxygen atoms in total. The van der Waals surface area contributed by atoms with Crippen LogP contribution in [-0.2, 0) is 4.74 Å². The molecule has 0 saturated carbocycles. The predicted octanol–water partition coefficient (Wildman–Crippen LogP) is 1.12. The van der Waals surface area contributed by atoms with Gasteiger partial charge in [0.2, 0.25) is 0 Å². The first-order chi connectivity index (χ1) is 6.65. The molecule has 0 aromatic rings. The number of nitrogens with one attached hydrogen (secondary N) is 1. The summed E-state index contributed by atoms with van der Waals surface area (Å²) in [4.78, 5) is 2.36. The van der Waals surface area contributed by atoms with E-state index in [1.165, 1.54) is 5.57 Å². The first-order valence-electron chi connectivity index (χ1n) is 5.19. The summed E-state index contributed by atoms with van der Waals surface area (Å²) in [5.74, 6) is 0. The van der Waals surface area contributed by atoms with Crippen molar-refractivity contribution in [3.05, 3.63) is 12.2 Å². The van der Waals surface area contributed by atoms with Gasteiger partial charge < -0.3 is 10.1 Å². The highest BCUT2D eigenvalue weighted by molar-refractivity contribution is 4.99. The summed E-state index contributed by atoms with van der Waals surface area (Å²) in [5.41, 5.74) is 1.22. The van der Waals surface area contributed by atoms with E-state index < -0.39 is 0 Å². The predicted molar refractivity (Wildman–Crippen MR) is 61.7 cm³/mol. The minimum Gasteiger partial charge on any atom is -0.383 e. The molecule has 0 saturated heterocycles. The van der Waals surface area contributed by atoms with Crippen LogP contribution in [0.4, 0.5) is 0 Å². The first kappa shape index (κ1) is 13.6. The molecule has 0 aliphatic rings. The van der Waals surface area contributed by atoms with Crippen molar-refractivity contribution in [3.63, 3.8) is 0 Å². The third-order valence-electron chi connectivity index (χ3n) is 2.29. The van der Waals surface area contributed by atoms with Crippen molar-refractivity contribution in [2.45, 2.75) is 19.9 Å². The minimum atomic E-state index is 0.457. The maximum atomic E-state index is 5.14. The Kier molecular flexibility index (Phi) is 7.76. The molecule has 0 radical (unpaired) electrons. The fraction of sp³-hybridized carbons (Fsp3) is 0.818. The van der Waals surface area contributed by atoms with E-state index in [0.29, 0.717) is 6.04 Å². The van der Waals surface area contributed by atoms with Crippen LogP contribution in [0.2, 0.25) is 0 Å². The zero-order valence-electron chi connectivity index (χ0n) is 9.97. The maximum Gasteiger partial charge on any atom is 0.0615 e. The number of hydrogen-bond acceptors (Lipinski definition) is 3.